The van der Waals surface area contributed by atoms with Crippen LogP contribution in [0, 0.1) is 5.82 Å². The van der Waals surface area contributed by atoms with Gasteiger partial charge in [-0.15, -0.1) is 0 Å². The zero-order valence-corrected chi connectivity index (χ0v) is 9.60. The molecule has 0 saturated heterocycles. The Morgan fingerprint density at radius 1 is 1.31 bits per heavy atom. The number of alkyl halides is 3. The van der Waals surface area contributed by atoms with Gasteiger partial charge in [0.15, 0.2) is 0 Å². The van der Waals surface area contributed by atoms with E-state index < -0.39 is 16.6 Å². The van der Waals surface area contributed by atoms with E-state index in [0.29, 0.717) is 11.1 Å². The van der Waals surface area contributed by atoms with E-state index in [1.165, 1.54) is 18.2 Å². The minimum absolute atomic E-state index is 0.0209. The number of halogens is 4. The van der Waals surface area contributed by atoms with Crippen LogP contribution in [0.25, 0.3) is 0 Å². The molecule has 0 bridgehead atoms. The average Bonchev–Trinajstić information content (AvgIpc) is 2.57. The summed E-state index contributed by atoms with van der Waals surface area (Å²) < 4.78 is 38.3. The first-order valence-corrected chi connectivity index (χ1v) is 5.30. The largest absolute Gasteiger partial charge is 0.378 e. The summed E-state index contributed by atoms with van der Waals surface area (Å²) in [6.07, 6.45) is 0. The zero-order valence-electron chi connectivity index (χ0n) is 8.01. The third-order valence-corrected chi connectivity index (χ3v) is 2.76. The summed E-state index contributed by atoms with van der Waals surface area (Å²) in [7, 11) is 0. The molecule has 0 spiro atoms. The molecule has 1 aliphatic rings. The molecule has 1 amide bonds. The van der Waals surface area contributed by atoms with Crippen LogP contribution in [-0.2, 0) is 17.9 Å². The third kappa shape index (κ3) is 2.07. The van der Waals surface area contributed by atoms with Crippen LogP contribution in [0.15, 0.2) is 18.2 Å². The van der Waals surface area contributed by atoms with E-state index in [1.807, 2.05) is 15.9 Å². The van der Waals surface area contributed by atoms with Crippen molar-refractivity contribution in [3.05, 3.63) is 35.1 Å². The quantitative estimate of drug-likeness (QED) is 0.729. The van der Waals surface area contributed by atoms with Gasteiger partial charge in [-0.05, 0) is 23.3 Å². The highest BCUT2D eigenvalue weighted by atomic mass is 79.9. The van der Waals surface area contributed by atoms with Gasteiger partial charge >= 0.3 is 10.7 Å². The van der Waals surface area contributed by atoms with Crippen molar-refractivity contribution >= 4 is 21.8 Å². The lowest BCUT2D eigenvalue weighted by Crippen LogP contribution is -2.36. The predicted octanol–water partition coefficient (Wildman–Crippen LogP) is 2.66. The summed E-state index contributed by atoms with van der Waals surface area (Å²) in [6, 6.07) is 4.01. The molecule has 0 aliphatic carbocycles. The number of fused-ring (bicyclic) bond motifs is 1. The van der Waals surface area contributed by atoms with Crippen molar-refractivity contribution in [1.82, 2.24) is 4.90 Å². The molecule has 2 rings (SSSR count). The topological polar surface area (TPSA) is 20.3 Å². The summed E-state index contributed by atoms with van der Waals surface area (Å²) in [5, 5.41) is 0. The Kier molecular flexibility index (Phi) is 2.69. The highest BCUT2D eigenvalue weighted by Gasteiger charge is 2.40. The van der Waals surface area contributed by atoms with Crippen LogP contribution in [0.2, 0.25) is 0 Å². The Labute approximate surface area is 98.2 Å². The second-order valence-electron chi connectivity index (χ2n) is 3.57. The molecule has 6 heteroatoms. The maximum atomic E-state index is 12.9. The van der Waals surface area contributed by atoms with E-state index in [-0.39, 0.29) is 13.1 Å². The third-order valence-electron chi connectivity index (χ3n) is 2.42. The van der Waals surface area contributed by atoms with Crippen molar-refractivity contribution in [2.45, 2.75) is 17.9 Å². The summed E-state index contributed by atoms with van der Waals surface area (Å²) >= 11 is 2.01. The molecule has 1 aliphatic heterocycles. The number of rotatable bonds is 1. The van der Waals surface area contributed by atoms with Crippen LogP contribution < -0.4 is 0 Å². The monoisotopic (exact) mass is 293 g/mol. The molecule has 1 heterocycles. The fourth-order valence-corrected chi connectivity index (χ4v) is 1.94. The molecular formula is C10H7BrF3NO. The van der Waals surface area contributed by atoms with Crippen LogP contribution in [0.3, 0.4) is 0 Å². The molecule has 0 unspecified atom stereocenters. The lowest BCUT2D eigenvalue weighted by Gasteiger charge is -2.18. The first-order valence-electron chi connectivity index (χ1n) is 4.51. The summed E-state index contributed by atoms with van der Waals surface area (Å²) in [5.74, 6) is -1.73. The van der Waals surface area contributed by atoms with E-state index in [2.05, 4.69) is 0 Å². The first kappa shape index (κ1) is 11.4. The Hall–Kier alpha value is -1.04. The molecule has 0 atom stereocenters. The van der Waals surface area contributed by atoms with Crippen LogP contribution in [0.1, 0.15) is 11.1 Å². The summed E-state index contributed by atoms with van der Waals surface area (Å²) in [4.78, 5) is 8.68. The highest BCUT2D eigenvalue weighted by Crippen LogP contribution is 2.30. The van der Waals surface area contributed by atoms with E-state index in [1.54, 1.807) is 0 Å². The molecule has 0 N–H and O–H groups in total. The molecule has 0 aromatic heterocycles. The van der Waals surface area contributed by atoms with Crippen LogP contribution in [0.4, 0.5) is 13.2 Å². The molecule has 16 heavy (non-hydrogen) atoms. The minimum Gasteiger partial charge on any atom is -0.328 e. The summed E-state index contributed by atoms with van der Waals surface area (Å²) in [5.41, 5.74) is 1.27. The fraction of sp³-hybridized carbons (Fsp3) is 0.300. The van der Waals surface area contributed by atoms with E-state index >= 15 is 0 Å². The Bertz CT molecular complexity index is 444. The van der Waals surface area contributed by atoms with Crippen LogP contribution >= 0.6 is 15.9 Å². The van der Waals surface area contributed by atoms with Gasteiger partial charge in [-0.1, -0.05) is 6.07 Å². The van der Waals surface area contributed by atoms with Crippen molar-refractivity contribution in [3.8, 4) is 0 Å². The molecule has 86 valence electrons. The van der Waals surface area contributed by atoms with Gasteiger partial charge in [-0.25, -0.2) is 4.39 Å². The molecule has 0 fully saturated rings. The molecule has 0 radical (unpaired) electrons. The van der Waals surface area contributed by atoms with Gasteiger partial charge in [0, 0.05) is 29.0 Å². The Balaban J connectivity index is 2.20. The lowest BCUT2D eigenvalue weighted by molar-refractivity contribution is -0.146. The van der Waals surface area contributed by atoms with Crippen molar-refractivity contribution in [2.75, 3.05) is 0 Å². The SMILES string of the molecule is O=C(N1Cc2ccc(F)cc2C1)C(F)(F)Br. The predicted molar refractivity (Wildman–Crippen MR) is 54.5 cm³/mol. The van der Waals surface area contributed by atoms with Crippen LogP contribution in [0.5, 0.6) is 0 Å². The van der Waals surface area contributed by atoms with Gasteiger partial charge < -0.3 is 4.90 Å². The average molecular weight is 294 g/mol. The second-order valence-corrected chi connectivity index (χ2v) is 4.57. The first-order chi connectivity index (χ1) is 7.38. The molecular weight excluding hydrogens is 287 g/mol. The van der Waals surface area contributed by atoms with Crippen molar-refractivity contribution < 1.29 is 18.0 Å². The van der Waals surface area contributed by atoms with Gasteiger partial charge in [0.1, 0.15) is 5.82 Å². The van der Waals surface area contributed by atoms with Crippen LogP contribution in [-0.4, -0.2) is 15.6 Å². The molecule has 0 saturated carbocycles. The molecule has 2 nitrogen and oxygen atoms in total. The van der Waals surface area contributed by atoms with Gasteiger partial charge in [0.2, 0.25) is 0 Å². The number of amides is 1. The Morgan fingerprint density at radius 2 is 1.94 bits per heavy atom. The minimum atomic E-state index is -3.56. The van der Waals surface area contributed by atoms with Crippen molar-refractivity contribution in [1.29, 1.82) is 0 Å². The molecule has 1 aromatic carbocycles. The number of carbonyl (C=O) groups is 1. The number of hydrogen-bond donors (Lipinski definition) is 0. The van der Waals surface area contributed by atoms with Gasteiger partial charge in [0.05, 0.1) is 0 Å². The maximum Gasteiger partial charge on any atom is 0.378 e. The normalized spacial score (nSPS) is 15.1. The summed E-state index contributed by atoms with van der Waals surface area (Å²) in [6.45, 7) is 0.114. The zero-order chi connectivity index (χ0) is 11.9. The standard InChI is InChI=1S/C10H7BrF3NO/c11-10(13,14)9(16)15-4-6-1-2-8(12)3-7(6)5-15/h1-3H,4-5H2. The number of benzene rings is 1. The van der Waals surface area contributed by atoms with Crippen molar-refractivity contribution in [2.24, 2.45) is 0 Å². The van der Waals surface area contributed by atoms with E-state index in [4.69, 9.17) is 0 Å². The number of carbonyl (C=O) groups excluding carboxylic acids is 1. The fourth-order valence-electron chi connectivity index (χ4n) is 1.69. The highest BCUT2D eigenvalue weighted by molar-refractivity contribution is 9.10. The van der Waals surface area contributed by atoms with Gasteiger partial charge in [-0.3, -0.25) is 4.79 Å². The maximum absolute atomic E-state index is 12.9. The number of hydrogen-bond acceptors (Lipinski definition) is 1. The van der Waals surface area contributed by atoms with Crippen molar-refractivity contribution in [3.63, 3.8) is 0 Å². The molecule has 1 aromatic rings. The van der Waals surface area contributed by atoms with E-state index in [9.17, 15) is 18.0 Å². The van der Waals surface area contributed by atoms with E-state index in [0.717, 1.165) is 4.90 Å². The lowest BCUT2D eigenvalue weighted by atomic mass is 10.1. The number of nitrogens with zero attached hydrogens (tertiary/aromatic N) is 1. The van der Waals surface area contributed by atoms with Gasteiger partial charge in [0.25, 0.3) is 0 Å². The second kappa shape index (κ2) is 3.76. The van der Waals surface area contributed by atoms with Gasteiger partial charge in [-0.2, -0.15) is 8.78 Å². The Morgan fingerprint density at radius 3 is 2.56 bits per heavy atom. The smallest absolute Gasteiger partial charge is 0.328 e.